The summed E-state index contributed by atoms with van der Waals surface area (Å²) in [7, 11) is 0. The van der Waals surface area contributed by atoms with Gasteiger partial charge in [0.2, 0.25) is 0 Å². The molecule has 0 unspecified atom stereocenters. The SMILES string of the molecule is CCCCCCCCN(C=Cc1ccccc1)CCCCCCCC. The van der Waals surface area contributed by atoms with E-state index in [1.807, 2.05) is 0 Å². The summed E-state index contributed by atoms with van der Waals surface area (Å²) in [4.78, 5) is 2.55. The number of rotatable bonds is 16. The molecule has 1 nitrogen and oxygen atoms in total. The zero-order valence-electron chi connectivity index (χ0n) is 16.9. The molecule has 0 N–H and O–H groups in total. The van der Waals surface area contributed by atoms with E-state index in [2.05, 4.69) is 61.4 Å². The summed E-state index contributed by atoms with van der Waals surface area (Å²) >= 11 is 0. The molecule has 0 saturated heterocycles. The second-order valence-electron chi connectivity index (χ2n) is 7.30. The van der Waals surface area contributed by atoms with Gasteiger partial charge in [-0.1, -0.05) is 108 Å². The van der Waals surface area contributed by atoms with Crippen LogP contribution in [-0.2, 0) is 0 Å². The van der Waals surface area contributed by atoms with Crippen molar-refractivity contribution in [2.24, 2.45) is 0 Å². The Kier molecular flexibility index (Phi) is 14.2. The van der Waals surface area contributed by atoms with Gasteiger partial charge in [-0.05, 0) is 30.7 Å². The second-order valence-corrected chi connectivity index (χ2v) is 7.30. The van der Waals surface area contributed by atoms with Crippen LogP contribution in [0.1, 0.15) is 96.5 Å². The Morgan fingerprint density at radius 1 is 0.640 bits per heavy atom. The van der Waals surface area contributed by atoms with Gasteiger partial charge in [-0.15, -0.1) is 0 Å². The highest BCUT2D eigenvalue weighted by Gasteiger charge is 2.00. The second kappa shape index (κ2) is 16.2. The number of hydrogen-bond acceptors (Lipinski definition) is 1. The molecule has 0 aliphatic carbocycles. The quantitative estimate of drug-likeness (QED) is 0.278. The molecule has 0 saturated carbocycles. The lowest BCUT2D eigenvalue weighted by Crippen LogP contribution is -2.20. The summed E-state index contributed by atoms with van der Waals surface area (Å²) in [6.45, 7) is 7.00. The van der Waals surface area contributed by atoms with Gasteiger partial charge in [0.05, 0.1) is 0 Å². The molecule has 0 aromatic heterocycles. The maximum atomic E-state index is 2.55. The van der Waals surface area contributed by atoms with Crippen LogP contribution in [0.25, 0.3) is 6.08 Å². The monoisotopic (exact) mass is 343 g/mol. The molecule has 0 aliphatic rings. The first kappa shape index (κ1) is 21.8. The topological polar surface area (TPSA) is 3.24 Å². The fourth-order valence-corrected chi connectivity index (χ4v) is 3.21. The van der Waals surface area contributed by atoms with E-state index < -0.39 is 0 Å². The van der Waals surface area contributed by atoms with Crippen LogP contribution >= 0.6 is 0 Å². The summed E-state index contributed by atoms with van der Waals surface area (Å²) in [6.07, 6.45) is 21.1. The van der Waals surface area contributed by atoms with Crippen LogP contribution in [-0.4, -0.2) is 18.0 Å². The standard InChI is InChI=1S/C24H41N/c1-3-5-7-9-11-16-21-25(22-17-12-10-8-6-4-2)23-20-24-18-14-13-15-19-24/h13-15,18-20,23H,3-12,16-17,21-22H2,1-2H3. The third kappa shape index (κ3) is 12.7. The van der Waals surface area contributed by atoms with Crippen molar-refractivity contribution in [1.29, 1.82) is 0 Å². The number of unbranched alkanes of at least 4 members (excludes halogenated alkanes) is 10. The third-order valence-corrected chi connectivity index (χ3v) is 4.88. The zero-order chi connectivity index (χ0) is 18.0. The van der Waals surface area contributed by atoms with Crippen LogP contribution < -0.4 is 0 Å². The minimum absolute atomic E-state index is 1.21. The Bertz CT molecular complexity index is 393. The minimum Gasteiger partial charge on any atom is -0.377 e. The molecule has 1 rings (SSSR count). The van der Waals surface area contributed by atoms with E-state index in [1.165, 1.54) is 95.7 Å². The molecule has 1 aromatic carbocycles. The first-order valence-electron chi connectivity index (χ1n) is 10.8. The van der Waals surface area contributed by atoms with Crippen molar-refractivity contribution in [3.8, 4) is 0 Å². The van der Waals surface area contributed by atoms with Crippen molar-refractivity contribution in [2.45, 2.75) is 90.9 Å². The molecule has 1 heteroatoms. The number of benzene rings is 1. The molecule has 142 valence electrons. The lowest BCUT2D eigenvalue weighted by molar-refractivity contribution is 0.351. The zero-order valence-corrected chi connectivity index (χ0v) is 16.9. The third-order valence-electron chi connectivity index (χ3n) is 4.88. The fraction of sp³-hybridized carbons (Fsp3) is 0.667. The minimum atomic E-state index is 1.21. The van der Waals surface area contributed by atoms with E-state index >= 15 is 0 Å². The normalized spacial score (nSPS) is 11.3. The van der Waals surface area contributed by atoms with E-state index in [9.17, 15) is 0 Å². The molecular formula is C24H41N. The molecule has 0 bridgehead atoms. The maximum absolute atomic E-state index is 2.55. The van der Waals surface area contributed by atoms with Crippen molar-refractivity contribution in [3.63, 3.8) is 0 Å². The smallest absolute Gasteiger partial charge is 0.0172 e. The Morgan fingerprint density at radius 3 is 1.64 bits per heavy atom. The van der Waals surface area contributed by atoms with Crippen LogP contribution in [0, 0.1) is 0 Å². The predicted molar refractivity (Wildman–Crippen MR) is 114 cm³/mol. The average Bonchev–Trinajstić information content (AvgIpc) is 2.65. The first-order chi connectivity index (χ1) is 12.4. The molecule has 0 spiro atoms. The predicted octanol–water partition coefficient (Wildman–Crippen LogP) is 7.68. The summed E-state index contributed by atoms with van der Waals surface area (Å²) < 4.78 is 0. The van der Waals surface area contributed by atoms with Gasteiger partial charge in [-0.3, -0.25) is 0 Å². The maximum Gasteiger partial charge on any atom is 0.0172 e. The summed E-state index contributed by atoms with van der Waals surface area (Å²) in [6, 6.07) is 10.7. The van der Waals surface area contributed by atoms with Crippen LogP contribution in [0.4, 0.5) is 0 Å². The van der Waals surface area contributed by atoms with Gasteiger partial charge in [0.1, 0.15) is 0 Å². The van der Waals surface area contributed by atoms with Gasteiger partial charge in [-0.2, -0.15) is 0 Å². The van der Waals surface area contributed by atoms with Crippen molar-refractivity contribution in [1.82, 2.24) is 4.90 Å². The average molecular weight is 344 g/mol. The molecule has 0 radical (unpaired) electrons. The van der Waals surface area contributed by atoms with Gasteiger partial charge in [0, 0.05) is 13.1 Å². The van der Waals surface area contributed by atoms with Gasteiger partial charge in [0.25, 0.3) is 0 Å². The Balaban J connectivity index is 2.31. The summed E-state index contributed by atoms with van der Waals surface area (Å²) in [5.74, 6) is 0. The van der Waals surface area contributed by atoms with Gasteiger partial charge in [-0.25, -0.2) is 0 Å². The van der Waals surface area contributed by atoms with E-state index in [4.69, 9.17) is 0 Å². The molecule has 0 heterocycles. The highest BCUT2D eigenvalue weighted by molar-refractivity contribution is 5.48. The largest absolute Gasteiger partial charge is 0.377 e. The lowest BCUT2D eigenvalue weighted by atomic mass is 10.1. The molecule has 0 amide bonds. The van der Waals surface area contributed by atoms with Gasteiger partial charge >= 0.3 is 0 Å². The molecule has 0 fully saturated rings. The fourth-order valence-electron chi connectivity index (χ4n) is 3.21. The van der Waals surface area contributed by atoms with Gasteiger partial charge < -0.3 is 4.90 Å². The van der Waals surface area contributed by atoms with Crippen LogP contribution in [0.2, 0.25) is 0 Å². The summed E-state index contributed by atoms with van der Waals surface area (Å²) in [5, 5.41) is 0. The van der Waals surface area contributed by atoms with Gasteiger partial charge in [0.15, 0.2) is 0 Å². The molecule has 0 atom stereocenters. The lowest BCUT2D eigenvalue weighted by Gasteiger charge is -2.20. The Morgan fingerprint density at radius 2 is 1.12 bits per heavy atom. The van der Waals surface area contributed by atoms with Crippen molar-refractivity contribution in [3.05, 3.63) is 42.1 Å². The highest BCUT2D eigenvalue weighted by Crippen LogP contribution is 2.10. The highest BCUT2D eigenvalue weighted by atomic mass is 15.1. The van der Waals surface area contributed by atoms with Crippen LogP contribution in [0.3, 0.4) is 0 Å². The van der Waals surface area contributed by atoms with E-state index in [0.29, 0.717) is 0 Å². The van der Waals surface area contributed by atoms with Crippen LogP contribution in [0.15, 0.2) is 36.5 Å². The Labute approximate surface area is 157 Å². The molecule has 1 aromatic rings. The molecular weight excluding hydrogens is 302 g/mol. The van der Waals surface area contributed by atoms with Crippen molar-refractivity contribution < 1.29 is 0 Å². The Hall–Kier alpha value is -1.24. The van der Waals surface area contributed by atoms with Crippen molar-refractivity contribution >= 4 is 6.08 Å². The number of nitrogens with zero attached hydrogens (tertiary/aromatic N) is 1. The number of hydrogen-bond donors (Lipinski definition) is 0. The first-order valence-corrected chi connectivity index (χ1v) is 10.8. The van der Waals surface area contributed by atoms with E-state index in [1.54, 1.807) is 0 Å². The molecule has 25 heavy (non-hydrogen) atoms. The van der Waals surface area contributed by atoms with Crippen molar-refractivity contribution in [2.75, 3.05) is 13.1 Å². The summed E-state index contributed by atoms with van der Waals surface area (Å²) in [5.41, 5.74) is 1.30. The van der Waals surface area contributed by atoms with Crippen LogP contribution in [0.5, 0.6) is 0 Å². The van der Waals surface area contributed by atoms with E-state index in [-0.39, 0.29) is 0 Å². The van der Waals surface area contributed by atoms with E-state index in [0.717, 1.165) is 0 Å². The molecule has 0 aliphatic heterocycles.